The number of hydrogen-bond acceptors (Lipinski definition) is 5. The molecule has 1 fully saturated rings. The molecule has 0 atom stereocenters. The van der Waals surface area contributed by atoms with Gasteiger partial charge in [0.1, 0.15) is 4.90 Å². The normalized spacial score (nSPS) is 16.5. The van der Waals surface area contributed by atoms with Crippen LogP contribution in [0.25, 0.3) is 0 Å². The SMILES string of the molecule is CCCNc1ccc([N+](=O)[O-])cc1S(=O)(=O)NC1(C)CC1. The van der Waals surface area contributed by atoms with Gasteiger partial charge in [0.05, 0.1) is 10.6 Å². The average Bonchev–Trinajstić information content (AvgIpc) is 3.12. The van der Waals surface area contributed by atoms with E-state index >= 15 is 0 Å². The highest BCUT2D eigenvalue weighted by molar-refractivity contribution is 7.89. The van der Waals surface area contributed by atoms with Crippen molar-refractivity contribution < 1.29 is 13.3 Å². The van der Waals surface area contributed by atoms with Gasteiger partial charge >= 0.3 is 0 Å². The lowest BCUT2D eigenvalue weighted by molar-refractivity contribution is -0.385. The summed E-state index contributed by atoms with van der Waals surface area (Å²) in [5.74, 6) is 0. The maximum atomic E-state index is 12.5. The molecule has 0 amide bonds. The Kier molecular flexibility index (Phi) is 4.20. The third-order valence-electron chi connectivity index (χ3n) is 3.41. The van der Waals surface area contributed by atoms with E-state index in [1.165, 1.54) is 12.1 Å². The summed E-state index contributed by atoms with van der Waals surface area (Å²) in [7, 11) is -3.79. The molecule has 1 aromatic rings. The van der Waals surface area contributed by atoms with Crippen LogP contribution < -0.4 is 10.0 Å². The minimum atomic E-state index is -3.79. The number of hydrogen-bond donors (Lipinski definition) is 2. The van der Waals surface area contributed by atoms with Crippen LogP contribution in [0.4, 0.5) is 11.4 Å². The predicted octanol–water partition coefficient (Wildman–Crippen LogP) is 2.25. The van der Waals surface area contributed by atoms with Crippen LogP contribution in [0.2, 0.25) is 0 Å². The monoisotopic (exact) mass is 313 g/mol. The highest BCUT2D eigenvalue weighted by atomic mass is 32.2. The summed E-state index contributed by atoms with van der Waals surface area (Å²) in [5.41, 5.74) is -0.275. The summed E-state index contributed by atoms with van der Waals surface area (Å²) >= 11 is 0. The third kappa shape index (κ3) is 3.70. The van der Waals surface area contributed by atoms with Crippen LogP contribution >= 0.6 is 0 Å². The fourth-order valence-electron chi connectivity index (χ4n) is 1.92. The maximum absolute atomic E-state index is 12.5. The fourth-order valence-corrected chi connectivity index (χ4v) is 3.59. The van der Waals surface area contributed by atoms with Gasteiger partial charge < -0.3 is 5.32 Å². The summed E-state index contributed by atoms with van der Waals surface area (Å²) in [6.45, 7) is 4.37. The lowest BCUT2D eigenvalue weighted by Crippen LogP contribution is -2.34. The number of sulfonamides is 1. The van der Waals surface area contributed by atoms with E-state index in [-0.39, 0.29) is 10.6 Å². The van der Waals surface area contributed by atoms with Gasteiger partial charge in [0.25, 0.3) is 5.69 Å². The van der Waals surface area contributed by atoms with Crippen LogP contribution in [-0.4, -0.2) is 25.4 Å². The lowest BCUT2D eigenvalue weighted by atomic mass is 10.3. The molecule has 7 nitrogen and oxygen atoms in total. The van der Waals surface area contributed by atoms with Gasteiger partial charge in [0.15, 0.2) is 0 Å². The topological polar surface area (TPSA) is 101 Å². The second-order valence-corrected chi connectivity index (χ2v) is 7.18. The van der Waals surface area contributed by atoms with Crippen molar-refractivity contribution >= 4 is 21.4 Å². The molecule has 1 aliphatic rings. The molecule has 0 aliphatic heterocycles. The number of nitro groups is 1. The number of benzene rings is 1. The molecular weight excluding hydrogens is 294 g/mol. The molecule has 0 bridgehead atoms. The second kappa shape index (κ2) is 5.61. The minimum absolute atomic E-state index is 0.0710. The van der Waals surface area contributed by atoms with E-state index in [0.717, 1.165) is 25.3 Å². The standard InChI is InChI=1S/C13H19N3O4S/c1-3-8-14-11-5-4-10(16(17)18)9-12(11)21(19,20)15-13(2)6-7-13/h4-5,9,14-15H,3,6-8H2,1-2H3. The van der Waals surface area contributed by atoms with E-state index < -0.39 is 20.5 Å². The summed E-state index contributed by atoms with van der Waals surface area (Å²) in [6, 6.07) is 3.85. The van der Waals surface area contributed by atoms with Crippen molar-refractivity contribution in [2.45, 2.75) is 43.5 Å². The molecule has 116 valence electrons. The van der Waals surface area contributed by atoms with E-state index in [1.54, 1.807) is 0 Å². The molecule has 0 saturated heterocycles. The molecule has 21 heavy (non-hydrogen) atoms. The number of nitrogens with one attached hydrogen (secondary N) is 2. The number of nitrogens with zero attached hydrogens (tertiary/aromatic N) is 1. The summed E-state index contributed by atoms with van der Waals surface area (Å²) < 4.78 is 27.6. The van der Waals surface area contributed by atoms with Gasteiger partial charge in [0, 0.05) is 24.2 Å². The molecule has 1 aromatic carbocycles. The quantitative estimate of drug-likeness (QED) is 0.594. The van der Waals surface area contributed by atoms with E-state index in [9.17, 15) is 18.5 Å². The zero-order valence-corrected chi connectivity index (χ0v) is 12.9. The molecule has 2 rings (SSSR count). The first kappa shape index (κ1) is 15.7. The number of anilines is 1. The highest BCUT2D eigenvalue weighted by Gasteiger charge is 2.42. The Hall–Kier alpha value is -1.67. The Labute approximate surface area is 123 Å². The highest BCUT2D eigenvalue weighted by Crippen LogP contribution is 2.37. The first-order chi connectivity index (χ1) is 9.77. The Balaban J connectivity index is 2.41. The summed E-state index contributed by atoms with van der Waals surface area (Å²) in [6.07, 6.45) is 2.37. The lowest BCUT2D eigenvalue weighted by Gasteiger charge is -2.16. The van der Waals surface area contributed by atoms with Gasteiger partial charge in [-0.15, -0.1) is 0 Å². The molecule has 0 aromatic heterocycles. The number of nitro benzene ring substituents is 1. The zero-order valence-electron chi connectivity index (χ0n) is 12.0. The average molecular weight is 313 g/mol. The van der Waals surface area contributed by atoms with Crippen LogP contribution in [0.1, 0.15) is 33.1 Å². The molecule has 0 spiro atoms. The summed E-state index contributed by atoms with van der Waals surface area (Å²) in [5, 5.41) is 13.9. The van der Waals surface area contributed by atoms with Crippen molar-refractivity contribution in [1.82, 2.24) is 4.72 Å². The van der Waals surface area contributed by atoms with E-state index in [1.807, 2.05) is 13.8 Å². The first-order valence-electron chi connectivity index (χ1n) is 6.84. The first-order valence-corrected chi connectivity index (χ1v) is 8.32. The maximum Gasteiger partial charge on any atom is 0.270 e. The number of non-ortho nitro benzene ring substituents is 1. The van der Waals surface area contributed by atoms with Crippen molar-refractivity contribution in [2.24, 2.45) is 0 Å². The minimum Gasteiger partial charge on any atom is -0.384 e. The molecule has 1 saturated carbocycles. The molecule has 0 radical (unpaired) electrons. The zero-order chi connectivity index (χ0) is 15.7. The Morgan fingerprint density at radius 1 is 1.38 bits per heavy atom. The van der Waals surface area contributed by atoms with Gasteiger partial charge in [-0.3, -0.25) is 10.1 Å². The van der Waals surface area contributed by atoms with Crippen LogP contribution in [0.15, 0.2) is 23.1 Å². The van der Waals surface area contributed by atoms with Gasteiger partial charge in [-0.25, -0.2) is 13.1 Å². The van der Waals surface area contributed by atoms with Crippen LogP contribution in [-0.2, 0) is 10.0 Å². The Morgan fingerprint density at radius 2 is 2.05 bits per heavy atom. The smallest absolute Gasteiger partial charge is 0.270 e. The molecular formula is C13H19N3O4S. The van der Waals surface area contributed by atoms with E-state index in [0.29, 0.717) is 12.2 Å². The van der Waals surface area contributed by atoms with E-state index in [4.69, 9.17) is 0 Å². The van der Waals surface area contributed by atoms with Gasteiger partial charge in [0.2, 0.25) is 10.0 Å². The Bertz CT molecular complexity index is 653. The molecule has 0 unspecified atom stereocenters. The van der Waals surface area contributed by atoms with Crippen molar-refractivity contribution in [2.75, 3.05) is 11.9 Å². The largest absolute Gasteiger partial charge is 0.384 e. The molecule has 0 heterocycles. The second-order valence-electron chi connectivity index (χ2n) is 5.53. The van der Waals surface area contributed by atoms with Gasteiger partial charge in [-0.2, -0.15) is 0 Å². The Morgan fingerprint density at radius 3 is 2.57 bits per heavy atom. The predicted molar refractivity (Wildman–Crippen MR) is 79.8 cm³/mol. The molecule has 1 aliphatic carbocycles. The van der Waals surface area contributed by atoms with E-state index in [2.05, 4.69) is 10.0 Å². The van der Waals surface area contributed by atoms with Crippen molar-refractivity contribution in [3.8, 4) is 0 Å². The van der Waals surface area contributed by atoms with Crippen LogP contribution in [0.5, 0.6) is 0 Å². The van der Waals surface area contributed by atoms with Crippen molar-refractivity contribution in [1.29, 1.82) is 0 Å². The molecule has 8 heteroatoms. The molecule has 2 N–H and O–H groups in total. The van der Waals surface area contributed by atoms with Crippen LogP contribution in [0.3, 0.4) is 0 Å². The fraction of sp³-hybridized carbons (Fsp3) is 0.538. The summed E-state index contributed by atoms with van der Waals surface area (Å²) in [4.78, 5) is 10.2. The van der Waals surface area contributed by atoms with Crippen LogP contribution in [0, 0.1) is 10.1 Å². The van der Waals surface area contributed by atoms with Crippen molar-refractivity contribution in [3.05, 3.63) is 28.3 Å². The van der Waals surface area contributed by atoms with Gasteiger partial charge in [-0.05, 0) is 32.3 Å². The number of rotatable bonds is 7. The van der Waals surface area contributed by atoms with Gasteiger partial charge in [-0.1, -0.05) is 6.92 Å². The third-order valence-corrected chi connectivity index (χ3v) is 5.09. The van der Waals surface area contributed by atoms with Crippen molar-refractivity contribution in [3.63, 3.8) is 0 Å².